The molecule has 0 fully saturated rings. The van der Waals surface area contributed by atoms with Crippen LogP contribution in [-0.2, 0) is 0 Å². The smallest absolute Gasteiger partial charge is 0.251 e. The molecule has 1 atom stereocenters. The number of carbonyl (C=O) groups is 1. The molecule has 4 nitrogen and oxygen atoms in total. The standard InChI is InChI=1S/C17H17BrFNO3/c1-10(11-4-5-15(22-2)16(8-11)23-3)20-17(21)12-6-13(18)9-14(19)7-12/h4-10H,1-3H3,(H,20,21). The van der Waals surface area contributed by atoms with Gasteiger partial charge in [0.1, 0.15) is 5.82 Å². The SMILES string of the molecule is COc1ccc(C(C)NC(=O)c2cc(F)cc(Br)c2)cc1OC. The Morgan fingerprint density at radius 1 is 1.13 bits per heavy atom. The first kappa shape index (κ1) is 17.3. The van der Waals surface area contributed by atoms with Gasteiger partial charge < -0.3 is 14.8 Å². The lowest BCUT2D eigenvalue weighted by Gasteiger charge is -2.16. The molecular weight excluding hydrogens is 365 g/mol. The van der Waals surface area contributed by atoms with E-state index in [0.29, 0.717) is 16.0 Å². The fourth-order valence-corrected chi connectivity index (χ4v) is 2.64. The van der Waals surface area contributed by atoms with Crippen LogP contribution in [0.5, 0.6) is 11.5 Å². The summed E-state index contributed by atoms with van der Waals surface area (Å²) in [7, 11) is 3.11. The molecular formula is C17H17BrFNO3. The summed E-state index contributed by atoms with van der Waals surface area (Å²) in [6, 6.07) is 9.20. The Labute approximate surface area is 142 Å². The highest BCUT2D eigenvalue weighted by Crippen LogP contribution is 2.30. The van der Waals surface area contributed by atoms with Gasteiger partial charge in [-0.3, -0.25) is 4.79 Å². The second kappa shape index (κ2) is 7.46. The van der Waals surface area contributed by atoms with E-state index in [4.69, 9.17) is 9.47 Å². The second-order valence-corrected chi connectivity index (χ2v) is 5.88. The van der Waals surface area contributed by atoms with Gasteiger partial charge in [0.15, 0.2) is 11.5 Å². The van der Waals surface area contributed by atoms with Crippen LogP contribution in [0.1, 0.15) is 28.9 Å². The highest BCUT2D eigenvalue weighted by atomic mass is 79.9. The van der Waals surface area contributed by atoms with Gasteiger partial charge in [0.25, 0.3) is 5.91 Å². The molecule has 0 aromatic heterocycles. The fourth-order valence-electron chi connectivity index (χ4n) is 2.17. The molecule has 6 heteroatoms. The third-order valence-corrected chi connectivity index (χ3v) is 3.84. The Hall–Kier alpha value is -2.08. The summed E-state index contributed by atoms with van der Waals surface area (Å²) in [5, 5.41) is 2.83. The Balaban J connectivity index is 2.18. The number of ether oxygens (including phenoxy) is 2. The third-order valence-electron chi connectivity index (χ3n) is 3.38. The minimum absolute atomic E-state index is 0.254. The molecule has 2 rings (SSSR count). The number of hydrogen-bond acceptors (Lipinski definition) is 3. The lowest BCUT2D eigenvalue weighted by molar-refractivity contribution is 0.0939. The predicted octanol–water partition coefficient (Wildman–Crippen LogP) is 4.10. The van der Waals surface area contributed by atoms with E-state index in [9.17, 15) is 9.18 Å². The van der Waals surface area contributed by atoms with Crippen molar-refractivity contribution >= 4 is 21.8 Å². The van der Waals surface area contributed by atoms with Gasteiger partial charge in [0.05, 0.1) is 20.3 Å². The van der Waals surface area contributed by atoms with Crippen LogP contribution in [0.15, 0.2) is 40.9 Å². The fraction of sp³-hybridized carbons (Fsp3) is 0.235. The minimum atomic E-state index is -0.469. The highest BCUT2D eigenvalue weighted by molar-refractivity contribution is 9.10. The van der Waals surface area contributed by atoms with Crippen LogP contribution in [0.4, 0.5) is 4.39 Å². The van der Waals surface area contributed by atoms with E-state index in [1.807, 2.05) is 13.0 Å². The topological polar surface area (TPSA) is 47.6 Å². The summed E-state index contributed by atoms with van der Waals surface area (Å²) in [6.45, 7) is 1.84. The van der Waals surface area contributed by atoms with Gasteiger partial charge in [-0.2, -0.15) is 0 Å². The Bertz CT molecular complexity index is 701. The monoisotopic (exact) mass is 381 g/mol. The van der Waals surface area contributed by atoms with E-state index >= 15 is 0 Å². The van der Waals surface area contributed by atoms with E-state index in [-0.39, 0.29) is 17.5 Å². The minimum Gasteiger partial charge on any atom is -0.493 e. The van der Waals surface area contributed by atoms with E-state index in [1.54, 1.807) is 32.4 Å². The van der Waals surface area contributed by atoms with E-state index in [2.05, 4.69) is 21.2 Å². The molecule has 0 aliphatic rings. The average molecular weight is 382 g/mol. The quantitative estimate of drug-likeness (QED) is 0.847. The van der Waals surface area contributed by atoms with Crippen molar-refractivity contribution in [3.05, 3.63) is 57.8 Å². The maximum Gasteiger partial charge on any atom is 0.251 e. The summed E-state index contributed by atoms with van der Waals surface area (Å²) in [5.41, 5.74) is 1.11. The van der Waals surface area contributed by atoms with Gasteiger partial charge >= 0.3 is 0 Å². The molecule has 0 aliphatic carbocycles. The van der Waals surface area contributed by atoms with Crippen molar-refractivity contribution in [3.8, 4) is 11.5 Å². The first-order valence-corrected chi connectivity index (χ1v) is 7.72. The summed E-state index contributed by atoms with van der Waals surface area (Å²) in [6.07, 6.45) is 0. The summed E-state index contributed by atoms with van der Waals surface area (Å²) >= 11 is 3.18. The van der Waals surface area contributed by atoms with Crippen molar-refractivity contribution < 1.29 is 18.7 Å². The molecule has 0 radical (unpaired) electrons. The normalized spacial score (nSPS) is 11.7. The first-order valence-electron chi connectivity index (χ1n) is 6.93. The molecule has 0 spiro atoms. The Kier molecular flexibility index (Phi) is 5.60. The van der Waals surface area contributed by atoms with Crippen LogP contribution in [0.3, 0.4) is 0 Å². The number of nitrogens with one attached hydrogen (secondary N) is 1. The van der Waals surface area contributed by atoms with Crippen LogP contribution >= 0.6 is 15.9 Å². The molecule has 0 heterocycles. The molecule has 0 saturated carbocycles. The average Bonchev–Trinajstić information content (AvgIpc) is 2.53. The van der Waals surface area contributed by atoms with E-state index in [1.165, 1.54) is 12.1 Å². The highest BCUT2D eigenvalue weighted by Gasteiger charge is 2.15. The van der Waals surface area contributed by atoms with Crippen LogP contribution < -0.4 is 14.8 Å². The number of hydrogen-bond donors (Lipinski definition) is 1. The second-order valence-electron chi connectivity index (χ2n) is 4.97. The number of carbonyl (C=O) groups excluding carboxylic acids is 1. The summed E-state index contributed by atoms with van der Waals surface area (Å²) < 4.78 is 24.3. The van der Waals surface area contributed by atoms with Crippen LogP contribution in [0.2, 0.25) is 0 Å². The Morgan fingerprint density at radius 3 is 2.43 bits per heavy atom. The molecule has 2 aromatic carbocycles. The lowest BCUT2D eigenvalue weighted by Crippen LogP contribution is -2.26. The van der Waals surface area contributed by atoms with Gasteiger partial charge in [-0.15, -0.1) is 0 Å². The van der Waals surface area contributed by atoms with Crippen LogP contribution in [-0.4, -0.2) is 20.1 Å². The predicted molar refractivity (Wildman–Crippen MR) is 89.5 cm³/mol. The number of methoxy groups -OCH3 is 2. The summed E-state index contributed by atoms with van der Waals surface area (Å²) in [5.74, 6) is 0.374. The third kappa shape index (κ3) is 4.22. The van der Waals surface area contributed by atoms with Crippen molar-refractivity contribution in [1.82, 2.24) is 5.32 Å². The molecule has 23 heavy (non-hydrogen) atoms. The molecule has 1 N–H and O–H groups in total. The largest absolute Gasteiger partial charge is 0.493 e. The molecule has 0 aliphatic heterocycles. The van der Waals surface area contributed by atoms with Crippen molar-refractivity contribution in [2.45, 2.75) is 13.0 Å². The van der Waals surface area contributed by atoms with Gasteiger partial charge in [-0.05, 0) is 42.8 Å². The number of rotatable bonds is 5. The number of halogens is 2. The molecule has 2 aromatic rings. The lowest BCUT2D eigenvalue weighted by atomic mass is 10.1. The maximum atomic E-state index is 13.4. The maximum absolute atomic E-state index is 13.4. The van der Waals surface area contributed by atoms with E-state index < -0.39 is 5.82 Å². The van der Waals surface area contributed by atoms with Crippen LogP contribution in [0, 0.1) is 5.82 Å². The molecule has 1 unspecified atom stereocenters. The van der Waals surface area contributed by atoms with Gasteiger partial charge in [-0.25, -0.2) is 4.39 Å². The first-order chi connectivity index (χ1) is 10.9. The van der Waals surface area contributed by atoms with E-state index in [0.717, 1.165) is 5.56 Å². The van der Waals surface area contributed by atoms with Crippen molar-refractivity contribution in [1.29, 1.82) is 0 Å². The van der Waals surface area contributed by atoms with Crippen molar-refractivity contribution in [3.63, 3.8) is 0 Å². The van der Waals surface area contributed by atoms with Gasteiger partial charge in [-0.1, -0.05) is 22.0 Å². The van der Waals surface area contributed by atoms with Gasteiger partial charge in [0.2, 0.25) is 0 Å². The Morgan fingerprint density at radius 2 is 1.83 bits per heavy atom. The molecule has 0 bridgehead atoms. The zero-order valence-corrected chi connectivity index (χ0v) is 14.6. The zero-order chi connectivity index (χ0) is 17.0. The van der Waals surface area contributed by atoms with Gasteiger partial charge in [0, 0.05) is 10.0 Å². The van der Waals surface area contributed by atoms with Crippen LogP contribution in [0.25, 0.3) is 0 Å². The van der Waals surface area contributed by atoms with Crippen molar-refractivity contribution in [2.75, 3.05) is 14.2 Å². The molecule has 0 saturated heterocycles. The van der Waals surface area contributed by atoms with Crippen molar-refractivity contribution in [2.24, 2.45) is 0 Å². The zero-order valence-electron chi connectivity index (χ0n) is 13.0. The number of benzene rings is 2. The number of amides is 1. The molecule has 1 amide bonds. The summed E-state index contributed by atoms with van der Waals surface area (Å²) in [4.78, 5) is 12.3. The molecule has 122 valence electrons.